The summed E-state index contributed by atoms with van der Waals surface area (Å²) in [5.74, 6) is -0.563. The number of carbonyl (C=O) groups excluding carboxylic acids is 1. The Morgan fingerprint density at radius 2 is 2.00 bits per heavy atom. The van der Waals surface area contributed by atoms with E-state index >= 15 is 0 Å². The van der Waals surface area contributed by atoms with Gasteiger partial charge in [0, 0.05) is 13.1 Å². The van der Waals surface area contributed by atoms with Crippen molar-refractivity contribution < 1.29 is 14.7 Å². The van der Waals surface area contributed by atoms with Crippen LogP contribution in [-0.2, 0) is 4.79 Å². The van der Waals surface area contributed by atoms with Gasteiger partial charge in [0.1, 0.15) is 5.54 Å². The molecule has 0 aromatic rings. The molecule has 0 aromatic carbocycles. The number of hydrogen-bond donors (Lipinski definition) is 2. The van der Waals surface area contributed by atoms with E-state index in [1.54, 1.807) is 0 Å². The van der Waals surface area contributed by atoms with Gasteiger partial charge < -0.3 is 15.3 Å². The Labute approximate surface area is 121 Å². The molecule has 0 aliphatic carbocycles. The maximum atomic E-state index is 12.3. The average Bonchev–Trinajstić information content (AvgIpc) is 2.79. The molecular weight excluding hydrogens is 256 g/mol. The first-order valence-electron chi connectivity index (χ1n) is 7.44. The number of likely N-dealkylation sites (tertiary alicyclic amines) is 1. The lowest BCUT2D eigenvalue weighted by Gasteiger charge is -2.35. The van der Waals surface area contributed by atoms with E-state index in [1.165, 1.54) is 4.90 Å². The summed E-state index contributed by atoms with van der Waals surface area (Å²) < 4.78 is 0. The van der Waals surface area contributed by atoms with Gasteiger partial charge >= 0.3 is 12.0 Å². The Balaban J connectivity index is 2.70. The van der Waals surface area contributed by atoms with Gasteiger partial charge in [0.25, 0.3) is 0 Å². The van der Waals surface area contributed by atoms with Gasteiger partial charge in [0.2, 0.25) is 0 Å². The van der Waals surface area contributed by atoms with Crippen LogP contribution in [0.1, 0.15) is 53.9 Å². The minimum absolute atomic E-state index is 0.118. The van der Waals surface area contributed by atoms with Crippen molar-refractivity contribution in [3.63, 3.8) is 0 Å². The van der Waals surface area contributed by atoms with Gasteiger partial charge in [-0.2, -0.15) is 0 Å². The molecule has 5 heteroatoms. The van der Waals surface area contributed by atoms with Gasteiger partial charge in [-0.05, 0) is 30.6 Å². The van der Waals surface area contributed by atoms with Crippen molar-refractivity contribution in [2.45, 2.75) is 59.4 Å². The number of hydrogen-bond acceptors (Lipinski definition) is 2. The third-order valence-electron chi connectivity index (χ3n) is 4.75. The molecule has 1 aliphatic heterocycles. The number of nitrogens with zero attached hydrogens (tertiary/aromatic N) is 1. The highest BCUT2D eigenvalue weighted by molar-refractivity contribution is 5.87. The highest BCUT2D eigenvalue weighted by Crippen LogP contribution is 2.33. The minimum Gasteiger partial charge on any atom is -0.479 e. The fourth-order valence-corrected chi connectivity index (χ4v) is 2.56. The second-order valence-corrected chi connectivity index (χ2v) is 6.90. The van der Waals surface area contributed by atoms with E-state index < -0.39 is 11.5 Å². The van der Waals surface area contributed by atoms with Crippen molar-refractivity contribution in [1.82, 2.24) is 10.2 Å². The van der Waals surface area contributed by atoms with Crippen LogP contribution in [0.15, 0.2) is 0 Å². The lowest BCUT2D eigenvalue weighted by Crippen LogP contribution is -2.56. The number of rotatable bonds is 4. The molecule has 0 aromatic heterocycles. The topological polar surface area (TPSA) is 69.6 Å². The Hall–Kier alpha value is -1.26. The van der Waals surface area contributed by atoms with Crippen molar-refractivity contribution in [3.05, 3.63) is 0 Å². The predicted octanol–water partition coefficient (Wildman–Crippen LogP) is 2.71. The van der Waals surface area contributed by atoms with Crippen LogP contribution >= 0.6 is 0 Å². The number of nitrogens with one attached hydrogen (secondary N) is 1. The zero-order valence-corrected chi connectivity index (χ0v) is 13.3. The molecule has 0 bridgehead atoms. The summed E-state index contributed by atoms with van der Waals surface area (Å²) in [6, 6.07) is -0.247. The highest BCUT2D eigenvalue weighted by atomic mass is 16.4. The van der Waals surface area contributed by atoms with Crippen LogP contribution in [0.5, 0.6) is 0 Å². The first kappa shape index (κ1) is 16.8. The Bertz CT molecular complexity index is 376. The SMILES string of the molecule is CCC1(C(=O)O)CCCN1C(=O)NCC(C)C(C)(C)C. The second-order valence-electron chi connectivity index (χ2n) is 6.90. The molecule has 1 heterocycles. The average molecular weight is 284 g/mol. The van der Waals surface area contributed by atoms with Crippen LogP contribution in [0.4, 0.5) is 4.79 Å². The molecule has 20 heavy (non-hydrogen) atoms. The Morgan fingerprint density at radius 3 is 2.45 bits per heavy atom. The van der Waals surface area contributed by atoms with E-state index in [2.05, 4.69) is 33.0 Å². The summed E-state index contributed by atoms with van der Waals surface area (Å²) in [5.41, 5.74) is -0.901. The fourth-order valence-electron chi connectivity index (χ4n) is 2.56. The molecule has 5 nitrogen and oxygen atoms in total. The maximum absolute atomic E-state index is 12.3. The Morgan fingerprint density at radius 1 is 1.40 bits per heavy atom. The zero-order valence-electron chi connectivity index (χ0n) is 13.3. The number of amides is 2. The summed E-state index contributed by atoms with van der Waals surface area (Å²) in [6.07, 6.45) is 1.74. The van der Waals surface area contributed by atoms with Crippen molar-refractivity contribution in [2.75, 3.05) is 13.1 Å². The van der Waals surface area contributed by atoms with Crippen LogP contribution in [-0.4, -0.2) is 40.6 Å². The molecule has 1 fully saturated rings. The number of carboxylic acid groups (broad SMARTS) is 1. The van der Waals surface area contributed by atoms with Crippen LogP contribution in [0.25, 0.3) is 0 Å². The molecule has 2 amide bonds. The van der Waals surface area contributed by atoms with Gasteiger partial charge in [-0.3, -0.25) is 0 Å². The summed E-state index contributed by atoms with van der Waals surface area (Å²) in [6.45, 7) is 11.4. The predicted molar refractivity (Wildman–Crippen MR) is 78.6 cm³/mol. The summed E-state index contributed by atoms with van der Waals surface area (Å²) >= 11 is 0. The Kier molecular flexibility index (Phi) is 5.05. The first-order valence-corrected chi connectivity index (χ1v) is 7.44. The number of carbonyl (C=O) groups is 2. The maximum Gasteiger partial charge on any atom is 0.329 e. The molecule has 2 unspecified atom stereocenters. The summed E-state index contributed by atoms with van der Waals surface area (Å²) in [4.78, 5) is 25.4. The van der Waals surface area contributed by atoms with E-state index in [0.717, 1.165) is 6.42 Å². The van der Waals surface area contributed by atoms with E-state index in [4.69, 9.17) is 0 Å². The van der Waals surface area contributed by atoms with Gasteiger partial charge in [-0.1, -0.05) is 34.6 Å². The highest BCUT2D eigenvalue weighted by Gasteiger charge is 2.48. The molecule has 2 atom stereocenters. The molecule has 2 N–H and O–H groups in total. The van der Waals surface area contributed by atoms with E-state index in [1.807, 2.05) is 6.92 Å². The van der Waals surface area contributed by atoms with Crippen molar-refractivity contribution >= 4 is 12.0 Å². The van der Waals surface area contributed by atoms with E-state index in [0.29, 0.717) is 31.8 Å². The van der Waals surface area contributed by atoms with Gasteiger partial charge in [0.15, 0.2) is 0 Å². The van der Waals surface area contributed by atoms with Crippen LogP contribution in [0, 0.1) is 11.3 Å². The smallest absolute Gasteiger partial charge is 0.329 e. The summed E-state index contributed by atoms with van der Waals surface area (Å²) in [7, 11) is 0. The zero-order chi connectivity index (χ0) is 15.6. The number of carboxylic acids is 1. The monoisotopic (exact) mass is 284 g/mol. The second kappa shape index (κ2) is 6.02. The summed E-state index contributed by atoms with van der Waals surface area (Å²) in [5, 5.41) is 12.4. The van der Waals surface area contributed by atoms with Crippen LogP contribution in [0.2, 0.25) is 0 Å². The van der Waals surface area contributed by atoms with Crippen LogP contribution < -0.4 is 5.32 Å². The third-order valence-corrected chi connectivity index (χ3v) is 4.75. The standard InChI is InChI=1S/C15H28N2O3/c1-6-15(12(18)19)8-7-9-17(15)13(20)16-10-11(2)14(3,4)5/h11H,6-10H2,1-5H3,(H,16,20)(H,18,19). The normalized spacial score (nSPS) is 24.6. The molecule has 0 spiro atoms. The lowest BCUT2D eigenvalue weighted by molar-refractivity contribution is -0.148. The number of aliphatic carboxylic acids is 1. The fraction of sp³-hybridized carbons (Fsp3) is 0.867. The molecular formula is C15H28N2O3. The van der Waals surface area contributed by atoms with Crippen molar-refractivity contribution in [1.29, 1.82) is 0 Å². The molecule has 0 saturated carbocycles. The largest absolute Gasteiger partial charge is 0.479 e. The van der Waals surface area contributed by atoms with Gasteiger partial charge in [0.05, 0.1) is 0 Å². The van der Waals surface area contributed by atoms with Gasteiger partial charge in [-0.15, -0.1) is 0 Å². The van der Waals surface area contributed by atoms with Gasteiger partial charge in [-0.25, -0.2) is 9.59 Å². The molecule has 1 rings (SSSR count). The third kappa shape index (κ3) is 3.25. The quantitative estimate of drug-likeness (QED) is 0.834. The van der Waals surface area contributed by atoms with E-state index in [9.17, 15) is 14.7 Å². The van der Waals surface area contributed by atoms with Crippen molar-refractivity contribution in [2.24, 2.45) is 11.3 Å². The minimum atomic E-state index is -1.02. The molecule has 1 aliphatic rings. The first-order chi connectivity index (χ1) is 9.15. The molecule has 0 radical (unpaired) electrons. The molecule has 1 saturated heterocycles. The van der Waals surface area contributed by atoms with Crippen molar-refractivity contribution in [3.8, 4) is 0 Å². The molecule has 116 valence electrons. The lowest BCUT2D eigenvalue weighted by atomic mass is 9.82. The van der Waals surface area contributed by atoms with E-state index in [-0.39, 0.29) is 11.4 Å². The number of urea groups is 1. The van der Waals surface area contributed by atoms with Crippen LogP contribution in [0.3, 0.4) is 0 Å².